The molecule has 0 aromatic rings. The molecule has 11 nitrogen and oxygen atoms in total. The second-order valence-electron chi connectivity index (χ2n) is 13.7. The van der Waals surface area contributed by atoms with E-state index in [2.05, 4.69) is 0 Å². The lowest BCUT2D eigenvalue weighted by Crippen LogP contribution is -2.09. The first-order valence-corrected chi connectivity index (χ1v) is 21.4. The van der Waals surface area contributed by atoms with Crippen LogP contribution in [0.5, 0.6) is 0 Å². The second kappa shape index (κ2) is 45.0. The fourth-order valence-corrected chi connectivity index (χ4v) is 5.38. The third-order valence-corrected chi connectivity index (χ3v) is 8.67. The molecule has 0 amide bonds. The summed E-state index contributed by atoms with van der Waals surface area (Å²) in [5.41, 5.74) is 0. The standard InChI is InChI=1S/C5H10O2.9C4H8O/c6-4-5-2-1-3-7-5;9*1-2-4-5-3-1/h5-6H,1-4H2;9*1-4H2. The van der Waals surface area contributed by atoms with Gasteiger partial charge in [-0.15, -0.1) is 0 Å². The maximum atomic E-state index is 8.44. The molecule has 312 valence electrons. The number of hydrogen-bond donors (Lipinski definition) is 1. The Labute approximate surface area is 318 Å². The van der Waals surface area contributed by atoms with Crippen molar-refractivity contribution in [3.63, 3.8) is 0 Å². The summed E-state index contributed by atoms with van der Waals surface area (Å²) < 4.78 is 49.6. The van der Waals surface area contributed by atoms with Crippen LogP contribution in [0.2, 0.25) is 0 Å². The van der Waals surface area contributed by atoms with Gasteiger partial charge in [0.1, 0.15) is 0 Å². The summed E-state index contributed by atoms with van der Waals surface area (Å²) in [6, 6.07) is 0. The van der Waals surface area contributed by atoms with E-state index in [1.165, 1.54) is 116 Å². The smallest absolute Gasteiger partial charge is 0.0806 e. The molecular formula is C41H82O11. The number of aliphatic hydroxyl groups excluding tert-OH is 1. The van der Waals surface area contributed by atoms with Gasteiger partial charge in [-0.2, -0.15) is 0 Å². The molecular weight excluding hydrogens is 668 g/mol. The molecule has 10 aliphatic rings. The number of hydrogen-bond acceptors (Lipinski definition) is 11. The van der Waals surface area contributed by atoms with Crippen LogP contribution >= 0.6 is 0 Å². The SMILES string of the molecule is C1CCOC1.C1CCOC1.C1CCOC1.C1CCOC1.C1CCOC1.C1CCOC1.C1CCOC1.C1CCOC1.C1CCOC1.OCC1CCCO1. The first-order chi connectivity index (χ1) is 25.9. The van der Waals surface area contributed by atoms with Gasteiger partial charge in [-0.1, -0.05) is 0 Å². The van der Waals surface area contributed by atoms with Gasteiger partial charge in [-0.05, 0) is 128 Å². The van der Waals surface area contributed by atoms with Crippen LogP contribution in [0.25, 0.3) is 0 Å². The molecule has 0 bridgehead atoms. The van der Waals surface area contributed by atoms with E-state index in [4.69, 9.17) is 52.5 Å². The van der Waals surface area contributed by atoms with Gasteiger partial charge in [0, 0.05) is 126 Å². The second-order valence-corrected chi connectivity index (χ2v) is 13.7. The lowest BCUT2D eigenvalue weighted by molar-refractivity contribution is 0.0591. The van der Waals surface area contributed by atoms with Crippen molar-refractivity contribution in [3.05, 3.63) is 0 Å². The number of aliphatic hydroxyl groups is 1. The van der Waals surface area contributed by atoms with Gasteiger partial charge in [0.2, 0.25) is 0 Å². The molecule has 0 saturated carbocycles. The lowest BCUT2D eigenvalue weighted by Gasteiger charge is -2.00. The zero-order valence-corrected chi connectivity index (χ0v) is 33.4. The van der Waals surface area contributed by atoms with Gasteiger partial charge in [0.15, 0.2) is 0 Å². The summed E-state index contributed by atoms with van der Waals surface area (Å²) in [5.74, 6) is 0. The predicted molar refractivity (Wildman–Crippen MR) is 207 cm³/mol. The van der Waals surface area contributed by atoms with Crippen LogP contribution < -0.4 is 0 Å². The van der Waals surface area contributed by atoms with Crippen LogP contribution in [0.3, 0.4) is 0 Å². The van der Waals surface area contributed by atoms with E-state index in [1.54, 1.807) is 0 Å². The molecule has 0 aromatic carbocycles. The molecule has 0 aliphatic carbocycles. The van der Waals surface area contributed by atoms with Gasteiger partial charge >= 0.3 is 0 Å². The average molecular weight is 751 g/mol. The Morgan fingerprint density at radius 2 is 0.423 bits per heavy atom. The highest BCUT2D eigenvalue weighted by molar-refractivity contribution is 4.61. The van der Waals surface area contributed by atoms with Crippen molar-refractivity contribution in [2.75, 3.05) is 132 Å². The third kappa shape index (κ3) is 40.7. The minimum absolute atomic E-state index is 0.153. The summed E-state index contributed by atoms with van der Waals surface area (Å²) in [6.45, 7) is 19.0. The molecule has 11 heteroatoms. The highest BCUT2D eigenvalue weighted by atomic mass is 16.5. The Kier molecular flexibility index (Phi) is 42.9. The molecule has 0 aromatic heterocycles. The zero-order chi connectivity index (χ0) is 36.9. The van der Waals surface area contributed by atoms with Crippen LogP contribution in [0, 0.1) is 0 Å². The minimum atomic E-state index is 0.153. The molecule has 10 rings (SSSR count). The van der Waals surface area contributed by atoms with Crippen molar-refractivity contribution in [2.45, 2.75) is 135 Å². The van der Waals surface area contributed by atoms with Crippen LogP contribution in [-0.2, 0) is 47.4 Å². The van der Waals surface area contributed by atoms with Crippen molar-refractivity contribution in [1.29, 1.82) is 0 Å². The van der Waals surface area contributed by atoms with E-state index in [1.807, 2.05) is 0 Å². The molecule has 1 unspecified atom stereocenters. The van der Waals surface area contributed by atoms with E-state index < -0.39 is 0 Å². The lowest BCUT2D eigenvalue weighted by atomic mass is 10.2. The summed E-state index contributed by atoms with van der Waals surface area (Å²) in [7, 11) is 0. The van der Waals surface area contributed by atoms with Gasteiger partial charge in [0.25, 0.3) is 0 Å². The van der Waals surface area contributed by atoms with Crippen molar-refractivity contribution >= 4 is 0 Å². The monoisotopic (exact) mass is 751 g/mol. The summed E-state index contributed by atoms with van der Waals surface area (Å²) in [4.78, 5) is 0. The van der Waals surface area contributed by atoms with Crippen LogP contribution in [0.1, 0.15) is 128 Å². The van der Waals surface area contributed by atoms with Crippen LogP contribution in [0.15, 0.2) is 0 Å². The van der Waals surface area contributed by atoms with Gasteiger partial charge < -0.3 is 52.5 Å². The molecule has 10 heterocycles. The van der Waals surface area contributed by atoms with E-state index in [0.29, 0.717) is 0 Å². The van der Waals surface area contributed by atoms with Crippen molar-refractivity contribution in [3.8, 4) is 0 Å². The predicted octanol–water partition coefficient (Wildman–Crippen LogP) is 7.33. The Morgan fingerprint density at radius 1 is 0.250 bits per heavy atom. The number of rotatable bonds is 1. The first-order valence-electron chi connectivity index (χ1n) is 21.4. The fourth-order valence-electron chi connectivity index (χ4n) is 5.38. The maximum Gasteiger partial charge on any atom is 0.0806 e. The molecule has 52 heavy (non-hydrogen) atoms. The Morgan fingerprint density at radius 3 is 0.481 bits per heavy atom. The van der Waals surface area contributed by atoms with Gasteiger partial charge in [-0.3, -0.25) is 0 Å². The normalized spacial score (nSPS) is 25.0. The van der Waals surface area contributed by atoms with Crippen molar-refractivity contribution in [2.24, 2.45) is 0 Å². The summed E-state index contributed by atoms with van der Waals surface area (Å²) in [5, 5.41) is 8.44. The van der Waals surface area contributed by atoms with E-state index in [0.717, 1.165) is 138 Å². The van der Waals surface area contributed by atoms with E-state index in [-0.39, 0.29) is 12.7 Å². The van der Waals surface area contributed by atoms with Gasteiger partial charge in [0.05, 0.1) is 12.7 Å². The van der Waals surface area contributed by atoms with Crippen LogP contribution in [0.4, 0.5) is 0 Å². The molecule has 0 spiro atoms. The Hall–Kier alpha value is -0.440. The summed E-state index contributed by atoms with van der Waals surface area (Å²) in [6.07, 6.45) is 25.3. The third-order valence-electron chi connectivity index (χ3n) is 8.67. The van der Waals surface area contributed by atoms with Crippen LogP contribution in [-0.4, -0.2) is 143 Å². The molecule has 10 saturated heterocycles. The highest BCUT2D eigenvalue weighted by Gasteiger charge is 2.12. The van der Waals surface area contributed by atoms with Gasteiger partial charge in [-0.25, -0.2) is 0 Å². The molecule has 1 atom stereocenters. The highest BCUT2D eigenvalue weighted by Crippen LogP contribution is 2.10. The average Bonchev–Trinajstić information content (AvgIpc) is 4.13. The molecule has 10 aliphatic heterocycles. The molecule has 1 N–H and O–H groups in total. The largest absolute Gasteiger partial charge is 0.394 e. The Balaban J connectivity index is 0.000000289. The topological polar surface area (TPSA) is 113 Å². The van der Waals surface area contributed by atoms with E-state index >= 15 is 0 Å². The quantitative estimate of drug-likeness (QED) is 0.291. The first kappa shape index (κ1) is 49.6. The summed E-state index contributed by atoms with van der Waals surface area (Å²) >= 11 is 0. The Bertz CT molecular complexity index is 393. The zero-order valence-electron chi connectivity index (χ0n) is 33.4. The fraction of sp³-hybridized carbons (Fsp3) is 1.00. The molecule has 10 fully saturated rings. The maximum absolute atomic E-state index is 8.44. The minimum Gasteiger partial charge on any atom is -0.394 e. The van der Waals surface area contributed by atoms with Crippen molar-refractivity contribution < 1.29 is 52.5 Å². The molecule has 0 radical (unpaired) electrons. The van der Waals surface area contributed by atoms with E-state index in [9.17, 15) is 0 Å². The number of ether oxygens (including phenoxy) is 10. The van der Waals surface area contributed by atoms with Crippen molar-refractivity contribution in [1.82, 2.24) is 0 Å².